The van der Waals surface area contributed by atoms with Gasteiger partial charge in [-0.25, -0.2) is 4.98 Å². The molecule has 5 nitrogen and oxygen atoms in total. The minimum atomic E-state index is 0.139. The first-order chi connectivity index (χ1) is 12.1. The van der Waals surface area contributed by atoms with Crippen molar-refractivity contribution in [1.82, 2.24) is 9.88 Å². The minimum Gasteiger partial charge on any atom is -0.378 e. The van der Waals surface area contributed by atoms with Gasteiger partial charge < -0.3 is 14.5 Å². The molecule has 7 heteroatoms. The number of hydrogen-bond donors (Lipinski definition) is 0. The molecule has 0 bridgehead atoms. The molecule has 1 amide bonds. The number of halogens is 1. The van der Waals surface area contributed by atoms with Crippen molar-refractivity contribution in [3.8, 4) is 0 Å². The third kappa shape index (κ3) is 3.35. The Morgan fingerprint density at radius 3 is 2.68 bits per heavy atom. The van der Waals surface area contributed by atoms with E-state index in [0.29, 0.717) is 19.1 Å². The summed E-state index contributed by atoms with van der Waals surface area (Å²) in [6, 6.07) is 3.98. The van der Waals surface area contributed by atoms with Gasteiger partial charge in [-0.05, 0) is 37.5 Å². The second-order valence-electron chi connectivity index (χ2n) is 6.71. The second-order valence-corrected chi connectivity index (χ2v) is 8.13. The molecule has 0 saturated carbocycles. The van der Waals surface area contributed by atoms with Crippen LogP contribution in [0.15, 0.2) is 12.1 Å². The van der Waals surface area contributed by atoms with Crippen LogP contribution in [0.4, 0.5) is 5.13 Å². The van der Waals surface area contributed by atoms with Crippen LogP contribution in [0, 0.1) is 12.8 Å². The minimum absolute atomic E-state index is 0.139. The molecule has 0 atom stereocenters. The van der Waals surface area contributed by atoms with Crippen LogP contribution >= 0.6 is 22.9 Å². The first kappa shape index (κ1) is 17.1. The maximum Gasteiger partial charge on any atom is 0.225 e. The number of amides is 1. The summed E-state index contributed by atoms with van der Waals surface area (Å²) in [7, 11) is 0. The Morgan fingerprint density at radius 2 is 1.96 bits per heavy atom. The number of ether oxygens (including phenoxy) is 1. The lowest BCUT2D eigenvalue weighted by Crippen LogP contribution is -2.46. The van der Waals surface area contributed by atoms with Crippen LogP contribution in [-0.4, -0.2) is 55.2 Å². The van der Waals surface area contributed by atoms with Crippen molar-refractivity contribution >= 4 is 44.2 Å². The summed E-state index contributed by atoms with van der Waals surface area (Å²) in [5.41, 5.74) is 2.04. The number of hydrogen-bond acceptors (Lipinski definition) is 5. The van der Waals surface area contributed by atoms with E-state index < -0.39 is 0 Å². The summed E-state index contributed by atoms with van der Waals surface area (Å²) in [6.07, 6.45) is 1.79. The van der Waals surface area contributed by atoms with Gasteiger partial charge in [0.1, 0.15) is 0 Å². The average molecular weight is 380 g/mol. The van der Waals surface area contributed by atoms with Gasteiger partial charge >= 0.3 is 0 Å². The number of thiazole rings is 1. The van der Waals surface area contributed by atoms with Crippen LogP contribution in [0.25, 0.3) is 10.2 Å². The molecule has 0 aliphatic carbocycles. The molecule has 0 unspecified atom stereocenters. The van der Waals surface area contributed by atoms with Gasteiger partial charge in [0.05, 0.1) is 23.4 Å². The predicted molar refractivity (Wildman–Crippen MR) is 102 cm³/mol. The Balaban J connectivity index is 1.43. The molecule has 2 aliphatic rings. The van der Waals surface area contributed by atoms with E-state index in [2.05, 4.69) is 4.90 Å². The molecule has 0 spiro atoms. The van der Waals surface area contributed by atoms with Crippen molar-refractivity contribution in [2.45, 2.75) is 19.8 Å². The van der Waals surface area contributed by atoms with Crippen LogP contribution in [-0.2, 0) is 9.53 Å². The Bertz CT molecular complexity index is 780. The van der Waals surface area contributed by atoms with E-state index in [1.807, 2.05) is 24.0 Å². The highest BCUT2D eigenvalue weighted by molar-refractivity contribution is 7.22. The van der Waals surface area contributed by atoms with Crippen LogP contribution in [0.5, 0.6) is 0 Å². The third-order valence-corrected chi connectivity index (χ3v) is 6.66. The van der Waals surface area contributed by atoms with Crippen LogP contribution in [0.3, 0.4) is 0 Å². The Hall–Kier alpha value is -1.37. The SMILES string of the molecule is Cc1c(Cl)ccc2sc(N3CCC(C(=O)N4CCOCC4)CC3)nc12. The lowest BCUT2D eigenvalue weighted by atomic mass is 9.95. The number of aryl methyl sites for hydroxylation is 1. The number of nitrogens with zero attached hydrogens (tertiary/aromatic N) is 3. The molecule has 25 heavy (non-hydrogen) atoms. The quantitative estimate of drug-likeness (QED) is 0.802. The molecule has 0 N–H and O–H groups in total. The van der Waals surface area contributed by atoms with Crippen LogP contribution in [0.1, 0.15) is 18.4 Å². The van der Waals surface area contributed by atoms with E-state index in [9.17, 15) is 4.79 Å². The third-order valence-electron chi connectivity index (χ3n) is 5.17. The fraction of sp³-hybridized carbons (Fsp3) is 0.556. The topological polar surface area (TPSA) is 45.7 Å². The molecular formula is C18H22ClN3O2S. The zero-order valence-electron chi connectivity index (χ0n) is 14.3. The van der Waals surface area contributed by atoms with Crippen molar-refractivity contribution in [3.63, 3.8) is 0 Å². The molecule has 2 aromatic rings. The lowest BCUT2D eigenvalue weighted by molar-refractivity contribution is -0.140. The van der Waals surface area contributed by atoms with Crippen molar-refractivity contribution in [3.05, 3.63) is 22.7 Å². The number of fused-ring (bicyclic) bond motifs is 1. The Morgan fingerprint density at radius 1 is 1.24 bits per heavy atom. The smallest absolute Gasteiger partial charge is 0.225 e. The fourth-order valence-corrected chi connectivity index (χ4v) is 4.81. The zero-order chi connectivity index (χ0) is 17.4. The van der Waals surface area contributed by atoms with Gasteiger partial charge in [-0.15, -0.1) is 0 Å². The van der Waals surface area contributed by atoms with E-state index in [0.717, 1.165) is 60.3 Å². The number of rotatable bonds is 2. The summed E-state index contributed by atoms with van der Waals surface area (Å²) < 4.78 is 6.51. The van der Waals surface area contributed by atoms with Gasteiger partial charge in [-0.2, -0.15) is 0 Å². The van der Waals surface area contributed by atoms with Crippen molar-refractivity contribution < 1.29 is 9.53 Å². The highest BCUT2D eigenvalue weighted by Gasteiger charge is 2.30. The number of morpholine rings is 1. The van der Waals surface area contributed by atoms with E-state index in [-0.39, 0.29) is 5.92 Å². The largest absolute Gasteiger partial charge is 0.378 e. The van der Waals surface area contributed by atoms with Crippen LogP contribution in [0.2, 0.25) is 5.02 Å². The Labute approximate surface area is 156 Å². The average Bonchev–Trinajstić information content (AvgIpc) is 3.10. The van der Waals surface area contributed by atoms with Crippen LogP contribution < -0.4 is 4.90 Å². The van der Waals surface area contributed by atoms with Crippen molar-refractivity contribution in [1.29, 1.82) is 0 Å². The van der Waals surface area contributed by atoms with Gasteiger partial charge in [0.25, 0.3) is 0 Å². The number of aromatic nitrogens is 1. The molecular weight excluding hydrogens is 358 g/mol. The Kier molecular flexibility index (Phi) is 4.84. The maximum atomic E-state index is 12.6. The molecule has 2 fully saturated rings. The summed E-state index contributed by atoms with van der Waals surface area (Å²) in [4.78, 5) is 21.7. The number of carbonyl (C=O) groups excluding carboxylic acids is 1. The second kappa shape index (κ2) is 7.09. The molecule has 2 aliphatic heterocycles. The molecule has 0 radical (unpaired) electrons. The van der Waals surface area contributed by atoms with E-state index in [4.69, 9.17) is 21.3 Å². The molecule has 4 rings (SSSR count). The molecule has 2 saturated heterocycles. The summed E-state index contributed by atoms with van der Waals surface area (Å²) in [5, 5.41) is 1.80. The zero-order valence-corrected chi connectivity index (χ0v) is 15.9. The van der Waals surface area contributed by atoms with Crippen molar-refractivity contribution in [2.75, 3.05) is 44.3 Å². The number of benzene rings is 1. The number of carbonyl (C=O) groups is 1. The first-order valence-electron chi connectivity index (χ1n) is 8.80. The number of anilines is 1. The molecule has 134 valence electrons. The predicted octanol–water partition coefficient (Wildman–Crippen LogP) is 3.33. The van der Waals surface area contributed by atoms with Gasteiger partial charge in [-0.1, -0.05) is 22.9 Å². The first-order valence-corrected chi connectivity index (χ1v) is 10.00. The van der Waals surface area contributed by atoms with Gasteiger partial charge in [0.2, 0.25) is 5.91 Å². The van der Waals surface area contributed by atoms with E-state index >= 15 is 0 Å². The standard InChI is InChI=1S/C18H22ClN3O2S/c1-12-14(19)2-3-15-16(12)20-18(25-15)22-6-4-13(5-7-22)17(23)21-8-10-24-11-9-21/h2-3,13H,4-11H2,1H3. The van der Waals surface area contributed by atoms with Crippen molar-refractivity contribution in [2.24, 2.45) is 5.92 Å². The van der Waals surface area contributed by atoms with Gasteiger partial charge in [-0.3, -0.25) is 4.79 Å². The highest BCUT2D eigenvalue weighted by atomic mass is 35.5. The number of piperidine rings is 1. The molecule has 1 aromatic carbocycles. The van der Waals surface area contributed by atoms with E-state index in [1.54, 1.807) is 11.3 Å². The highest BCUT2D eigenvalue weighted by Crippen LogP contribution is 2.35. The summed E-state index contributed by atoms with van der Waals surface area (Å²) in [6.45, 7) is 6.58. The maximum absolute atomic E-state index is 12.6. The molecule has 3 heterocycles. The normalized spacial score (nSPS) is 19.6. The summed E-state index contributed by atoms with van der Waals surface area (Å²) in [5.74, 6) is 0.440. The lowest BCUT2D eigenvalue weighted by Gasteiger charge is -2.35. The van der Waals surface area contributed by atoms with Gasteiger partial charge in [0.15, 0.2) is 5.13 Å². The fourth-order valence-electron chi connectivity index (χ4n) is 3.58. The monoisotopic (exact) mass is 379 g/mol. The van der Waals surface area contributed by atoms with Gasteiger partial charge in [0, 0.05) is 37.1 Å². The van der Waals surface area contributed by atoms with E-state index in [1.165, 1.54) is 4.70 Å². The summed E-state index contributed by atoms with van der Waals surface area (Å²) >= 11 is 7.92. The molecule has 1 aromatic heterocycles.